The number of rotatable bonds is 2. The van der Waals surface area contributed by atoms with E-state index < -0.39 is 37.3 Å². The maximum absolute atomic E-state index is 12.4. The molecule has 0 aliphatic carbocycles. The first-order valence-corrected chi connectivity index (χ1v) is 5.77. The lowest BCUT2D eigenvalue weighted by Gasteiger charge is -2.08. The van der Waals surface area contributed by atoms with Crippen LogP contribution >= 0.6 is 15.9 Å². The average molecular weight is 303 g/mol. The van der Waals surface area contributed by atoms with Gasteiger partial charge in [-0.1, -0.05) is 0 Å². The van der Waals surface area contributed by atoms with E-state index in [4.69, 9.17) is 10.2 Å². The van der Waals surface area contributed by atoms with Crippen molar-refractivity contribution in [3.8, 4) is 5.75 Å². The molecule has 0 spiro atoms. The van der Waals surface area contributed by atoms with Gasteiger partial charge in [0.05, 0.1) is 10.7 Å². The molecule has 15 heavy (non-hydrogen) atoms. The Kier molecular flexibility index (Phi) is 3.26. The van der Waals surface area contributed by atoms with E-state index in [9.17, 15) is 17.2 Å². The Balaban J connectivity index is 3.65. The predicted molar refractivity (Wildman–Crippen MR) is 49.9 cm³/mol. The Morgan fingerprint density at radius 2 is 2.07 bits per heavy atom. The van der Waals surface area contributed by atoms with Gasteiger partial charge >= 0.3 is 0 Å². The van der Waals surface area contributed by atoms with Crippen LogP contribution in [-0.2, 0) is 10.0 Å². The largest absolute Gasteiger partial charge is 0.505 e. The third-order valence-electron chi connectivity index (χ3n) is 1.47. The van der Waals surface area contributed by atoms with Gasteiger partial charge in [-0.2, -0.15) is 0 Å². The van der Waals surface area contributed by atoms with Crippen molar-refractivity contribution in [2.24, 2.45) is 5.14 Å². The molecule has 0 aliphatic heterocycles. The van der Waals surface area contributed by atoms with E-state index in [0.717, 1.165) is 0 Å². The highest BCUT2D eigenvalue weighted by Crippen LogP contribution is 2.35. The summed E-state index contributed by atoms with van der Waals surface area (Å²) in [5.41, 5.74) is -0.998. The summed E-state index contributed by atoms with van der Waals surface area (Å²) in [6.07, 6.45) is -2.39. The topological polar surface area (TPSA) is 93.3 Å². The standard InChI is InChI=1S/C6H5BrF2N2O3S/c7-3-2(12)1-11-4(6(8)9)5(3)15(10,13)14/h1,6,12H,(H2,10,13,14). The highest BCUT2D eigenvalue weighted by atomic mass is 79.9. The van der Waals surface area contributed by atoms with Gasteiger partial charge in [0.25, 0.3) is 6.43 Å². The first-order valence-electron chi connectivity index (χ1n) is 3.43. The molecule has 1 heterocycles. The maximum Gasteiger partial charge on any atom is 0.281 e. The number of hydrogen-bond donors (Lipinski definition) is 2. The lowest BCUT2D eigenvalue weighted by atomic mass is 10.3. The van der Waals surface area contributed by atoms with Gasteiger partial charge in [0, 0.05) is 0 Å². The van der Waals surface area contributed by atoms with E-state index in [1.54, 1.807) is 0 Å². The monoisotopic (exact) mass is 302 g/mol. The molecule has 0 radical (unpaired) electrons. The number of nitrogens with two attached hydrogens (primary N) is 1. The molecule has 0 unspecified atom stereocenters. The first kappa shape index (κ1) is 12.3. The third-order valence-corrected chi connectivity index (χ3v) is 3.52. The van der Waals surface area contributed by atoms with Crippen LogP contribution < -0.4 is 5.14 Å². The molecule has 0 saturated carbocycles. The van der Waals surface area contributed by atoms with Crippen LogP contribution in [0.1, 0.15) is 12.1 Å². The summed E-state index contributed by atoms with van der Waals surface area (Å²) in [5, 5.41) is 13.8. The van der Waals surface area contributed by atoms with Gasteiger partial charge in [0.2, 0.25) is 10.0 Å². The molecular weight excluding hydrogens is 298 g/mol. The zero-order chi connectivity index (χ0) is 11.8. The van der Waals surface area contributed by atoms with E-state index in [1.807, 2.05) is 0 Å². The van der Waals surface area contributed by atoms with E-state index in [1.165, 1.54) is 0 Å². The lowest BCUT2D eigenvalue weighted by Crippen LogP contribution is -2.16. The van der Waals surface area contributed by atoms with Crippen LogP contribution in [-0.4, -0.2) is 18.5 Å². The summed E-state index contributed by atoms with van der Waals surface area (Å²) in [7, 11) is -4.38. The van der Waals surface area contributed by atoms with Crippen molar-refractivity contribution in [1.82, 2.24) is 4.98 Å². The van der Waals surface area contributed by atoms with Gasteiger partial charge in [0.1, 0.15) is 16.3 Å². The summed E-state index contributed by atoms with van der Waals surface area (Å²) in [5.74, 6) is -0.580. The highest BCUT2D eigenvalue weighted by Gasteiger charge is 2.27. The molecule has 5 nitrogen and oxygen atoms in total. The van der Waals surface area contributed by atoms with E-state index in [-0.39, 0.29) is 0 Å². The zero-order valence-corrected chi connectivity index (χ0v) is 9.39. The fourth-order valence-corrected chi connectivity index (χ4v) is 2.67. The minimum absolute atomic E-state index is 0.421. The Morgan fingerprint density at radius 1 is 1.53 bits per heavy atom. The van der Waals surface area contributed by atoms with Crippen molar-refractivity contribution in [3.05, 3.63) is 16.4 Å². The second kappa shape index (κ2) is 3.99. The third kappa shape index (κ3) is 2.41. The van der Waals surface area contributed by atoms with Gasteiger partial charge in [-0.3, -0.25) is 0 Å². The van der Waals surface area contributed by atoms with E-state index >= 15 is 0 Å². The van der Waals surface area contributed by atoms with Crippen molar-refractivity contribution in [2.45, 2.75) is 11.3 Å². The summed E-state index contributed by atoms with van der Waals surface area (Å²) >= 11 is 2.65. The molecule has 0 atom stereocenters. The molecule has 0 saturated heterocycles. The number of halogens is 3. The average Bonchev–Trinajstić information content (AvgIpc) is 2.06. The number of sulfonamides is 1. The van der Waals surface area contributed by atoms with Crippen LogP contribution in [0.25, 0.3) is 0 Å². The summed E-state index contributed by atoms with van der Waals surface area (Å²) in [6.45, 7) is 0. The van der Waals surface area contributed by atoms with Crippen molar-refractivity contribution >= 4 is 26.0 Å². The molecule has 9 heteroatoms. The second-order valence-electron chi connectivity index (χ2n) is 2.52. The molecule has 84 valence electrons. The number of alkyl halides is 2. The van der Waals surface area contributed by atoms with Crippen LogP contribution in [0.2, 0.25) is 0 Å². The number of pyridine rings is 1. The van der Waals surface area contributed by atoms with Crippen LogP contribution in [0, 0.1) is 0 Å². The quantitative estimate of drug-likeness (QED) is 0.856. The SMILES string of the molecule is NS(=O)(=O)c1c(C(F)F)ncc(O)c1Br. The maximum atomic E-state index is 12.4. The molecular formula is C6H5BrF2N2O3S. The number of primary sulfonamides is 1. The van der Waals surface area contributed by atoms with E-state index in [0.29, 0.717) is 6.20 Å². The summed E-state index contributed by atoms with van der Waals surface area (Å²) in [4.78, 5) is 2.21. The highest BCUT2D eigenvalue weighted by molar-refractivity contribution is 9.10. The Bertz CT molecular complexity index is 491. The van der Waals surface area contributed by atoms with Crippen molar-refractivity contribution in [3.63, 3.8) is 0 Å². The number of aromatic nitrogens is 1. The fraction of sp³-hybridized carbons (Fsp3) is 0.167. The molecule has 0 bridgehead atoms. The number of aromatic hydroxyl groups is 1. The minimum atomic E-state index is -4.38. The van der Waals surface area contributed by atoms with Crippen molar-refractivity contribution in [2.75, 3.05) is 0 Å². The van der Waals surface area contributed by atoms with Crippen molar-refractivity contribution < 1.29 is 22.3 Å². The molecule has 1 aromatic rings. The predicted octanol–water partition coefficient (Wildman–Crippen LogP) is 1.13. The summed E-state index contributed by atoms with van der Waals surface area (Å²) in [6, 6.07) is 0. The van der Waals surface area contributed by atoms with Crippen molar-refractivity contribution in [1.29, 1.82) is 0 Å². The van der Waals surface area contributed by atoms with Crippen LogP contribution in [0.3, 0.4) is 0 Å². The Labute approximate surface area is 92.1 Å². The van der Waals surface area contributed by atoms with Crippen LogP contribution in [0.4, 0.5) is 8.78 Å². The molecule has 1 rings (SSSR count). The molecule has 0 aromatic carbocycles. The lowest BCUT2D eigenvalue weighted by molar-refractivity contribution is 0.142. The number of nitrogens with zero attached hydrogens (tertiary/aromatic N) is 1. The summed E-state index contributed by atoms with van der Waals surface area (Å²) < 4.78 is 46.3. The Morgan fingerprint density at radius 3 is 2.47 bits per heavy atom. The minimum Gasteiger partial charge on any atom is -0.505 e. The second-order valence-corrected chi connectivity index (χ2v) is 4.81. The van der Waals surface area contributed by atoms with Gasteiger partial charge in [-0.25, -0.2) is 27.3 Å². The van der Waals surface area contributed by atoms with Gasteiger partial charge in [-0.15, -0.1) is 0 Å². The van der Waals surface area contributed by atoms with Crippen LogP contribution in [0.15, 0.2) is 15.6 Å². The van der Waals surface area contributed by atoms with Gasteiger partial charge < -0.3 is 5.11 Å². The van der Waals surface area contributed by atoms with E-state index in [2.05, 4.69) is 20.9 Å². The molecule has 3 N–H and O–H groups in total. The molecule has 1 aromatic heterocycles. The first-order chi connectivity index (χ1) is 6.75. The molecule has 0 amide bonds. The normalized spacial score (nSPS) is 12.1. The molecule has 0 aliphatic rings. The number of hydrogen-bond acceptors (Lipinski definition) is 4. The Hall–Kier alpha value is -0.800. The smallest absolute Gasteiger partial charge is 0.281 e. The molecule has 0 fully saturated rings. The van der Waals surface area contributed by atoms with Crippen LogP contribution in [0.5, 0.6) is 5.75 Å². The van der Waals surface area contributed by atoms with Gasteiger partial charge in [0.15, 0.2) is 0 Å². The van der Waals surface area contributed by atoms with Gasteiger partial charge in [-0.05, 0) is 15.9 Å². The zero-order valence-electron chi connectivity index (χ0n) is 6.99. The fourth-order valence-electron chi connectivity index (χ4n) is 0.901.